The number of carbonyl (C=O) groups is 1. The van der Waals surface area contributed by atoms with Gasteiger partial charge in [0.05, 0.1) is 6.04 Å². The Balaban J connectivity index is 2.08. The zero-order valence-electron chi connectivity index (χ0n) is 11.3. The SMILES string of the molecule is CCC[C@H](N)C(=O)N(Cc1ccccc1Br)C1CC1. The van der Waals surface area contributed by atoms with E-state index in [0.717, 1.165) is 35.7 Å². The lowest BCUT2D eigenvalue weighted by Crippen LogP contribution is -2.44. The predicted octanol–water partition coefficient (Wildman–Crippen LogP) is 3.07. The van der Waals surface area contributed by atoms with Gasteiger partial charge in [-0.05, 0) is 30.9 Å². The van der Waals surface area contributed by atoms with Gasteiger partial charge >= 0.3 is 0 Å². The molecule has 0 unspecified atom stereocenters. The molecular formula is C15H21BrN2O. The molecule has 0 bridgehead atoms. The molecule has 3 nitrogen and oxygen atoms in total. The van der Waals surface area contributed by atoms with Crippen molar-refractivity contribution in [1.82, 2.24) is 4.90 Å². The summed E-state index contributed by atoms with van der Waals surface area (Å²) in [6.45, 7) is 2.71. The zero-order valence-corrected chi connectivity index (χ0v) is 12.9. The number of nitrogens with two attached hydrogens (primary N) is 1. The molecule has 0 spiro atoms. The monoisotopic (exact) mass is 324 g/mol. The summed E-state index contributed by atoms with van der Waals surface area (Å²) in [7, 11) is 0. The van der Waals surface area contributed by atoms with Crippen LogP contribution in [-0.4, -0.2) is 22.9 Å². The van der Waals surface area contributed by atoms with Crippen molar-refractivity contribution in [2.45, 2.75) is 51.2 Å². The van der Waals surface area contributed by atoms with E-state index in [1.807, 2.05) is 23.1 Å². The maximum Gasteiger partial charge on any atom is 0.240 e. The van der Waals surface area contributed by atoms with E-state index in [9.17, 15) is 4.79 Å². The molecule has 0 aliphatic heterocycles. The maximum atomic E-state index is 12.4. The minimum Gasteiger partial charge on any atom is -0.334 e. The lowest BCUT2D eigenvalue weighted by Gasteiger charge is -2.26. The van der Waals surface area contributed by atoms with E-state index in [0.29, 0.717) is 12.6 Å². The second kappa shape index (κ2) is 6.53. The Morgan fingerprint density at radius 1 is 1.47 bits per heavy atom. The van der Waals surface area contributed by atoms with Crippen molar-refractivity contribution in [2.24, 2.45) is 5.73 Å². The van der Waals surface area contributed by atoms with Crippen molar-refractivity contribution in [3.63, 3.8) is 0 Å². The Bertz CT molecular complexity index is 446. The van der Waals surface area contributed by atoms with Crippen LogP contribution in [0.4, 0.5) is 0 Å². The van der Waals surface area contributed by atoms with E-state index in [-0.39, 0.29) is 11.9 Å². The molecule has 2 rings (SSSR count). The molecule has 4 heteroatoms. The fraction of sp³-hybridized carbons (Fsp3) is 0.533. The van der Waals surface area contributed by atoms with Crippen molar-refractivity contribution < 1.29 is 4.79 Å². The number of carbonyl (C=O) groups excluding carboxylic acids is 1. The molecule has 0 radical (unpaired) electrons. The van der Waals surface area contributed by atoms with E-state index in [1.54, 1.807) is 0 Å². The number of rotatable bonds is 6. The molecule has 1 aliphatic carbocycles. The van der Waals surface area contributed by atoms with Gasteiger partial charge in [-0.15, -0.1) is 0 Å². The first-order valence-corrected chi connectivity index (χ1v) is 7.72. The Kier molecular flexibility index (Phi) is 4.99. The van der Waals surface area contributed by atoms with Gasteiger partial charge < -0.3 is 10.6 Å². The second-order valence-electron chi connectivity index (χ2n) is 5.18. The fourth-order valence-electron chi connectivity index (χ4n) is 2.23. The number of benzene rings is 1. The van der Waals surface area contributed by atoms with Crippen molar-refractivity contribution in [3.05, 3.63) is 34.3 Å². The van der Waals surface area contributed by atoms with Crippen molar-refractivity contribution >= 4 is 21.8 Å². The molecule has 2 N–H and O–H groups in total. The van der Waals surface area contributed by atoms with Crippen molar-refractivity contribution in [3.8, 4) is 0 Å². The van der Waals surface area contributed by atoms with Crippen LogP contribution in [0.2, 0.25) is 0 Å². The Morgan fingerprint density at radius 3 is 2.74 bits per heavy atom. The van der Waals surface area contributed by atoms with Gasteiger partial charge in [0.2, 0.25) is 5.91 Å². The molecule has 1 saturated carbocycles. The predicted molar refractivity (Wildman–Crippen MR) is 80.6 cm³/mol. The Hall–Kier alpha value is -0.870. The van der Waals surface area contributed by atoms with Gasteiger partial charge in [0.15, 0.2) is 0 Å². The van der Waals surface area contributed by atoms with Crippen molar-refractivity contribution in [2.75, 3.05) is 0 Å². The summed E-state index contributed by atoms with van der Waals surface area (Å²) < 4.78 is 1.05. The number of nitrogens with zero attached hydrogens (tertiary/aromatic N) is 1. The summed E-state index contributed by atoms with van der Waals surface area (Å²) in [6, 6.07) is 8.09. The lowest BCUT2D eigenvalue weighted by molar-refractivity contribution is -0.134. The molecule has 1 amide bonds. The van der Waals surface area contributed by atoms with E-state index in [2.05, 4.69) is 28.9 Å². The molecule has 0 heterocycles. The second-order valence-corrected chi connectivity index (χ2v) is 6.04. The van der Waals surface area contributed by atoms with Gasteiger partial charge in [-0.25, -0.2) is 0 Å². The highest BCUT2D eigenvalue weighted by atomic mass is 79.9. The molecule has 1 atom stereocenters. The number of amides is 1. The first-order valence-electron chi connectivity index (χ1n) is 6.93. The summed E-state index contributed by atoms with van der Waals surface area (Å²) in [5.74, 6) is 0.0973. The Morgan fingerprint density at radius 2 is 2.16 bits per heavy atom. The molecule has 1 aliphatic rings. The average Bonchev–Trinajstić information content (AvgIpc) is 3.21. The minimum atomic E-state index is -0.354. The summed E-state index contributed by atoms with van der Waals surface area (Å²) >= 11 is 3.54. The van der Waals surface area contributed by atoms with Crippen LogP contribution in [0.5, 0.6) is 0 Å². The molecule has 19 heavy (non-hydrogen) atoms. The van der Waals surface area contributed by atoms with Crippen LogP contribution >= 0.6 is 15.9 Å². The van der Waals surface area contributed by atoms with E-state index >= 15 is 0 Å². The summed E-state index contributed by atoms with van der Waals surface area (Å²) in [4.78, 5) is 14.4. The van der Waals surface area contributed by atoms with E-state index in [1.165, 1.54) is 0 Å². The highest BCUT2D eigenvalue weighted by Gasteiger charge is 2.34. The Labute approximate surface area is 123 Å². The van der Waals surface area contributed by atoms with Gasteiger partial charge in [0.1, 0.15) is 0 Å². The first-order chi connectivity index (χ1) is 9.13. The smallest absolute Gasteiger partial charge is 0.240 e. The molecule has 104 valence electrons. The molecule has 0 saturated heterocycles. The van der Waals surface area contributed by atoms with Crippen LogP contribution in [0.25, 0.3) is 0 Å². The van der Waals surface area contributed by atoms with Gasteiger partial charge in [0.25, 0.3) is 0 Å². The highest BCUT2D eigenvalue weighted by Crippen LogP contribution is 2.30. The summed E-state index contributed by atoms with van der Waals surface area (Å²) in [5, 5.41) is 0. The third-order valence-corrected chi connectivity index (χ3v) is 4.26. The largest absolute Gasteiger partial charge is 0.334 e. The summed E-state index contributed by atoms with van der Waals surface area (Å²) in [5.41, 5.74) is 7.13. The van der Waals surface area contributed by atoms with Gasteiger partial charge in [-0.3, -0.25) is 4.79 Å². The topological polar surface area (TPSA) is 46.3 Å². The normalized spacial score (nSPS) is 16.2. The first kappa shape index (κ1) is 14.5. The third kappa shape index (κ3) is 3.80. The number of halogens is 1. The molecule has 1 aromatic carbocycles. The van der Waals surface area contributed by atoms with Crippen LogP contribution in [0.1, 0.15) is 38.2 Å². The molecular weight excluding hydrogens is 304 g/mol. The number of hydrogen-bond acceptors (Lipinski definition) is 2. The van der Waals surface area contributed by atoms with E-state index < -0.39 is 0 Å². The minimum absolute atomic E-state index is 0.0973. The van der Waals surface area contributed by atoms with Gasteiger partial charge in [-0.1, -0.05) is 47.5 Å². The van der Waals surface area contributed by atoms with E-state index in [4.69, 9.17) is 5.73 Å². The summed E-state index contributed by atoms with van der Waals surface area (Å²) in [6.07, 6.45) is 3.92. The standard InChI is InChI=1S/C15H21BrN2O/c1-2-5-14(17)15(19)18(12-8-9-12)10-11-6-3-4-7-13(11)16/h3-4,6-7,12,14H,2,5,8-10,17H2,1H3/t14-/m0/s1. The van der Waals surface area contributed by atoms with Crippen LogP contribution in [0.3, 0.4) is 0 Å². The quantitative estimate of drug-likeness (QED) is 0.874. The molecule has 0 aromatic heterocycles. The highest BCUT2D eigenvalue weighted by molar-refractivity contribution is 9.10. The van der Waals surface area contributed by atoms with Crippen molar-refractivity contribution in [1.29, 1.82) is 0 Å². The lowest BCUT2D eigenvalue weighted by atomic mass is 10.1. The van der Waals surface area contributed by atoms with Crippen LogP contribution in [0, 0.1) is 0 Å². The van der Waals surface area contributed by atoms with Crippen LogP contribution in [0.15, 0.2) is 28.7 Å². The average molecular weight is 325 g/mol. The molecule has 1 aromatic rings. The van der Waals surface area contributed by atoms with Crippen LogP contribution in [-0.2, 0) is 11.3 Å². The third-order valence-electron chi connectivity index (χ3n) is 3.49. The van der Waals surface area contributed by atoms with Gasteiger partial charge in [-0.2, -0.15) is 0 Å². The molecule has 1 fully saturated rings. The zero-order chi connectivity index (χ0) is 13.8. The fourth-order valence-corrected chi connectivity index (χ4v) is 2.64. The van der Waals surface area contributed by atoms with Gasteiger partial charge in [0, 0.05) is 17.1 Å². The maximum absolute atomic E-state index is 12.4. The van der Waals surface area contributed by atoms with Crippen LogP contribution < -0.4 is 5.73 Å². The number of hydrogen-bond donors (Lipinski definition) is 1.